The lowest BCUT2D eigenvalue weighted by Crippen LogP contribution is -2.29. The summed E-state index contributed by atoms with van der Waals surface area (Å²) < 4.78 is 0. The van der Waals surface area contributed by atoms with Crippen molar-refractivity contribution in [3.63, 3.8) is 0 Å². The van der Waals surface area contributed by atoms with Crippen molar-refractivity contribution in [1.29, 1.82) is 0 Å². The van der Waals surface area contributed by atoms with Gasteiger partial charge in [0.2, 0.25) is 5.91 Å². The van der Waals surface area contributed by atoms with E-state index in [-0.39, 0.29) is 23.8 Å². The molecule has 0 bridgehead atoms. The van der Waals surface area contributed by atoms with Crippen molar-refractivity contribution < 1.29 is 9.59 Å². The molecule has 0 saturated heterocycles. The number of hydrogen-bond donors (Lipinski definition) is 2. The highest BCUT2D eigenvalue weighted by molar-refractivity contribution is 6.07. The Bertz CT molecular complexity index is 847. The number of fused-ring (bicyclic) bond motifs is 1. The molecule has 1 aliphatic carbocycles. The largest absolute Gasteiger partial charge is 0.327 e. The minimum atomic E-state index is -0.00935. The Labute approximate surface area is 159 Å². The molecule has 2 atom stereocenters. The van der Waals surface area contributed by atoms with Crippen LogP contribution in [-0.2, 0) is 11.2 Å². The van der Waals surface area contributed by atoms with E-state index in [1.54, 1.807) is 24.3 Å². The fraction of sp³-hybridized carbons (Fsp3) is 0.364. The summed E-state index contributed by atoms with van der Waals surface area (Å²) in [5.74, 6) is 0.265. The summed E-state index contributed by atoms with van der Waals surface area (Å²) in [6, 6.07) is 15.3. The van der Waals surface area contributed by atoms with Crippen LogP contribution in [0.25, 0.3) is 0 Å². The average Bonchev–Trinajstić information content (AvgIpc) is 3.28. The first-order valence-corrected chi connectivity index (χ1v) is 9.67. The van der Waals surface area contributed by atoms with Gasteiger partial charge in [-0.2, -0.15) is 0 Å². The van der Waals surface area contributed by atoms with E-state index in [0.29, 0.717) is 24.2 Å². The van der Waals surface area contributed by atoms with Gasteiger partial charge in [-0.3, -0.25) is 9.59 Å². The maximum atomic E-state index is 12.8. The highest BCUT2D eigenvalue weighted by Gasteiger charge is 2.27. The van der Waals surface area contributed by atoms with E-state index in [4.69, 9.17) is 5.73 Å². The molecule has 140 valence electrons. The molecule has 0 unspecified atom stereocenters. The molecular formula is C22H25N3O2. The molecule has 5 nitrogen and oxygen atoms in total. The van der Waals surface area contributed by atoms with Crippen LogP contribution in [0.4, 0.5) is 11.4 Å². The fourth-order valence-corrected chi connectivity index (χ4v) is 4.17. The Morgan fingerprint density at radius 1 is 1.07 bits per heavy atom. The van der Waals surface area contributed by atoms with Crippen LogP contribution in [-0.4, -0.2) is 24.4 Å². The molecule has 1 saturated carbocycles. The first-order chi connectivity index (χ1) is 13.1. The molecule has 2 aromatic carbocycles. The van der Waals surface area contributed by atoms with Crippen LogP contribution in [0.1, 0.15) is 41.6 Å². The van der Waals surface area contributed by atoms with Gasteiger partial charge in [0, 0.05) is 35.9 Å². The number of hydrogen-bond acceptors (Lipinski definition) is 3. The number of nitrogens with one attached hydrogen (secondary N) is 1. The monoisotopic (exact) mass is 363 g/mol. The number of nitrogens with two attached hydrogens (primary N) is 1. The third-order valence-corrected chi connectivity index (χ3v) is 5.71. The third kappa shape index (κ3) is 3.74. The van der Waals surface area contributed by atoms with E-state index < -0.39 is 0 Å². The molecular weight excluding hydrogens is 338 g/mol. The van der Waals surface area contributed by atoms with Crippen LogP contribution >= 0.6 is 0 Å². The highest BCUT2D eigenvalue weighted by Crippen LogP contribution is 2.29. The molecule has 4 rings (SSSR count). The number of benzene rings is 2. The maximum Gasteiger partial charge on any atom is 0.258 e. The fourth-order valence-electron chi connectivity index (χ4n) is 4.17. The normalized spacial score (nSPS) is 21.1. The first-order valence-electron chi connectivity index (χ1n) is 9.67. The summed E-state index contributed by atoms with van der Waals surface area (Å²) in [6.07, 6.45) is 4.50. The van der Waals surface area contributed by atoms with Crippen molar-refractivity contribution in [3.05, 3.63) is 59.7 Å². The van der Waals surface area contributed by atoms with Gasteiger partial charge in [0.05, 0.1) is 0 Å². The zero-order chi connectivity index (χ0) is 18.8. The molecule has 1 fully saturated rings. The lowest BCUT2D eigenvalue weighted by atomic mass is 10.00. The summed E-state index contributed by atoms with van der Waals surface area (Å²) >= 11 is 0. The molecule has 3 N–H and O–H groups in total. The van der Waals surface area contributed by atoms with Gasteiger partial charge in [-0.15, -0.1) is 0 Å². The van der Waals surface area contributed by atoms with Gasteiger partial charge in [-0.1, -0.05) is 24.6 Å². The Hall–Kier alpha value is -2.66. The minimum absolute atomic E-state index is 0.00486. The predicted molar refractivity (Wildman–Crippen MR) is 107 cm³/mol. The van der Waals surface area contributed by atoms with Crippen LogP contribution in [0, 0.1) is 5.92 Å². The summed E-state index contributed by atoms with van der Waals surface area (Å²) in [7, 11) is 0. The standard InChI is InChI=1S/C22H25N3O2/c23-19-6-3-5-17(19)14-21(26)24-18-10-8-16(9-11-18)22(27)25-13-12-15-4-1-2-7-20(15)25/h1-2,4,7-11,17,19H,3,5-6,12-14,23H2,(H,24,26)/t17-,19+/m0/s1. The lowest BCUT2D eigenvalue weighted by molar-refractivity contribution is -0.117. The number of amides is 2. The molecule has 0 aromatic heterocycles. The van der Waals surface area contributed by atoms with Gasteiger partial charge < -0.3 is 16.0 Å². The van der Waals surface area contributed by atoms with Crippen molar-refractivity contribution in [2.75, 3.05) is 16.8 Å². The Morgan fingerprint density at radius 2 is 1.85 bits per heavy atom. The van der Waals surface area contributed by atoms with Gasteiger partial charge in [-0.25, -0.2) is 0 Å². The van der Waals surface area contributed by atoms with Crippen molar-refractivity contribution in [2.24, 2.45) is 11.7 Å². The Morgan fingerprint density at radius 3 is 2.59 bits per heavy atom. The molecule has 2 aromatic rings. The molecule has 2 amide bonds. The second-order valence-corrected chi connectivity index (χ2v) is 7.52. The van der Waals surface area contributed by atoms with Crippen molar-refractivity contribution in [3.8, 4) is 0 Å². The van der Waals surface area contributed by atoms with Gasteiger partial charge in [0.15, 0.2) is 0 Å². The van der Waals surface area contributed by atoms with E-state index in [2.05, 4.69) is 11.4 Å². The average molecular weight is 363 g/mol. The van der Waals surface area contributed by atoms with Crippen LogP contribution < -0.4 is 16.0 Å². The van der Waals surface area contributed by atoms with Gasteiger partial charge in [-0.05, 0) is 61.1 Å². The Balaban J connectivity index is 1.39. The molecule has 1 heterocycles. The van der Waals surface area contributed by atoms with Crippen molar-refractivity contribution >= 4 is 23.2 Å². The second kappa shape index (κ2) is 7.53. The van der Waals surface area contributed by atoms with E-state index in [1.807, 2.05) is 23.1 Å². The number of anilines is 2. The van der Waals surface area contributed by atoms with E-state index in [1.165, 1.54) is 5.56 Å². The van der Waals surface area contributed by atoms with Crippen molar-refractivity contribution in [2.45, 2.75) is 38.1 Å². The topological polar surface area (TPSA) is 75.4 Å². The van der Waals surface area contributed by atoms with Crippen LogP contribution in [0.15, 0.2) is 48.5 Å². The van der Waals surface area contributed by atoms with Crippen LogP contribution in [0.3, 0.4) is 0 Å². The van der Waals surface area contributed by atoms with E-state index in [0.717, 1.165) is 31.4 Å². The number of para-hydroxylation sites is 1. The van der Waals surface area contributed by atoms with Gasteiger partial charge >= 0.3 is 0 Å². The lowest BCUT2D eigenvalue weighted by Gasteiger charge is -2.18. The zero-order valence-corrected chi connectivity index (χ0v) is 15.4. The van der Waals surface area contributed by atoms with Crippen molar-refractivity contribution in [1.82, 2.24) is 0 Å². The third-order valence-electron chi connectivity index (χ3n) is 5.71. The molecule has 27 heavy (non-hydrogen) atoms. The minimum Gasteiger partial charge on any atom is -0.327 e. The zero-order valence-electron chi connectivity index (χ0n) is 15.4. The summed E-state index contributed by atoms with van der Waals surface area (Å²) in [4.78, 5) is 26.9. The number of nitrogens with zero attached hydrogens (tertiary/aromatic N) is 1. The number of carbonyl (C=O) groups excluding carboxylic acids is 2. The SMILES string of the molecule is N[C@@H]1CCC[C@H]1CC(=O)Nc1ccc(C(=O)N2CCc3ccccc32)cc1. The van der Waals surface area contributed by atoms with Crippen LogP contribution in [0.2, 0.25) is 0 Å². The maximum absolute atomic E-state index is 12.8. The summed E-state index contributed by atoms with van der Waals surface area (Å²) in [5, 5.41) is 2.92. The first kappa shape index (κ1) is 17.7. The van der Waals surface area contributed by atoms with E-state index in [9.17, 15) is 9.59 Å². The Kier molecular flexibility index (Phi) is 4.94. The molecule has 2 aliphatic rings. The second-order valence-electron chi connectivity index (χ2n) is 7.52. The molecule has 1 aliphatic heterocycles. The number of carbonyl (C=O) groups is 2. The van der Waals surface area contributed by atoms with Gasteiger partial charge in [0.1, 0.15) is 0 Å². The van der Waals surface area contributed by atoms with E-state index >= 15 is 0 Å². The quantitative estimate of drug-likeness (QED) is 0.875. The smallest absolute Gasteiger partial charge is 0.258 e. The molecule has 5 heteroatoms. The van der Waals surface area contributed by atoms with Crippen LogP contribution in [0.5, 0.6) is 0 Å². The predicted octanol–water partition coefficient (Wildman–Crippen LogP) is 3.35. The number of rotatable bonds is 4. The highest BCUT2D eigenvalue weighted by atomic mass is 16.2. The summed E-state index contributed by atoms with van der Waals surface area (Å²) in [6.45, 7) is 0.707. The summed E-state index contributed by atoms with van der Waals surface area (Å²) in [5.41, 5.74) is 9.59. The molecule has 0 radical (unpaired) electrons. The molecule has 0 spiro atoms. The van der Waals surface area contributed by atoms with Gasteiger partial charge in [0.25, 0.3) is 5.91 Å².